The summed E-state index contributed by atoms with van der Waals surface area (Å²) in [5.41, 5.74) is 23.4. The molecule has 282 valence electrons. The zero-order valence-electron chi connectivity index (χ0n) is 33.4. The summed E-state index contributed by atoms with van der Waals surface area (Å²) in [6.07, 6.45) is 2.93. The average Bonchev–Trinajstić information content (AvgIpc) is 3.53. The molecule has 9 aromatic carbocycles. The van der Waals surface area contributed by atoms with Crippen molar-refractivity contribution in [1.29, 1.82) is 0 Å². The van der Waals surface area contributed by atoms with Crippen LogP contribution in [-0.2, 0) is 11.8 Å². The second-order valence-corrected chi connectivity index (χ2v) is 16.1. The largest absolute Gasteiger partial charge is 0.383 e. The fourth-order valence-corrected chi connectivity index (χ4v) is 9.00. The Morgan fingerprint density at radius 2 is 1.05 bits per heavy atom. The molecule has 0 atom stereocenters. The van der Waals surface area contributed by atoms with Gasteiger partial charge in [0.05, 0.1) is 5.70 Å². The summed E-state index contributed by atoms with van der Waals surface area (Å²) >= 11 is 0. The first-order valence-electron chi connectivity index (χ1n) is 20.5. The Morgan fingerprint density at radius 3 is 1.75 bits per heavy atom. The number of nitrogens with zero attached hydrogens (tertiary/aromatic N) is 1. The predicted octanol–water partition coefficient (Wildman–Crippen LogP) is 14.3. The number of hydrogen-bond donors (Lipinski definition) is 1. The van der Waals surface area contributed by atoms with Crippen molar-refractivity contribution in [2.75, 3.05) is 0 Å². The Balaban J connectivity index is 1.06. The summed E-state index contributed by atoms with van der Waals surface area (Å²) < 4.78 is 0. The molecule has 0 bridgehead atoms. The molecule has 1 aliphatic rings. The lowest BCUT2D eigenvalue weighted by molar-refractivity contribution is 0.661. The number of rotatable bonds is 8. The van der Waals surface area contributed by atoms with Crippen LogP contribution in [0.1, 0.15) is 41.7 Å². The Morgan fingerprint density at radius 1 is 0.492 bits per heavy atom. The molecule has 0 unspecified atom stereocenters. The molecule has 0 amide bonds. The second kappa shape index (κ2) is 14.9. The van der Waals surface area contributed by atoms with Crippen LogP contribution in [-0.4, -0.2) is 5.84 Å². The molecular formula is C57H44N2. The summed E-state index contributed by atoms with van der Waals surface area (Å²) in [6.45, 7) is 4.72. The molecule has 0 aromatic heterocycles. The van der Waals surface area contributed by atoms with Crippen molar-refractivity contribution in [2.45, 2.75) is 25.7 Å². The Bertz CT molecular complexity index is 3060. The van der Waals surface area contributed by atoms with Gasteiger partial charge in [-0.1, -0.05) is 214 Å². The highest BCUT2D eigenvalue weighted by molar-refractivity contribution is 6.07. The predicted molar refractivity (Wildman–Crippen MR) is 251 cm³/mol. The van der Waals surface area contributed by atoms with Crippen molar-refractivity contribution in [3.8, 4) is 44.5 Å². The highest BCUT2D eigenvalue weighted by Crippen LogP contribution is 2.52. The van der Waals surface area contributed by atoms with Crippen LogP contribution in [0.2, 0.25) is 0 Å². The third kappa shape index (κ3) is 6.63. The maximum absolute atomic E-state index is 6.90. The van der Waals surface area contributed by atoms with E-state index >= 15 is 0 Å². The van der Waals surface area contributed by atoms with E-state index in [2.05, 4.69) is 214 Å². The summed E-state index contributed by atoms with van der Waals surface area (Å²) in [5, 5.41) is 4.92. The van der Waals surface area contributed by atoms with Gasteiger partial charge in [-0.2, -0.15) is 0 Å². The minimum absolute atomic E-state index is 0.124. The standard InChI is InChI=1S/C57H44N2/c1-57(2)52-35-31-43-17-9-10-18-47(43)55(52)51-32-30-45(37-53(51)57)46-33-34-50(49-20-12-11-19-48(46)49)54(36-23-38-21-24-41(25-22-38)39-13-5-3-6-14-39)59-56(58)44-28-26-42(27-29-44)40-15-7-4-8-16-40/h3-22,24-37H,23H2,1-2H3,(H2,58,59)/b54-36-. The first-order chi connectivity index (χ1) is 28.9. The van der Waals surface area contributed by atoms with E-state index in [0.29, 0.717) is 12.3 Å². The van der Waals surface area contributed by atoms with E-state index in [1.807, 2.05) is 6.07 Å². The second-order valence-electron chi connectivity index (χ2n) is 16.1. The van der Waals surface area contributed by atoms with Crippen LogP contribution in [0.5, 0.6) is 0 Å². The van der Waals surface area contributed by atoms with Crippen molar-refractivity contribution in [2.24, 2.45) is 10.7 Å². The van der Waals surface area contributed by atoms with Gasteiger partial charge < -0.3 is 5.73 Å². The molecule has 0 radical (unpaired) electrons. The topological polar surface area (TPSA) is 38.4 Å². The number of aliphatic imine (C=N–C) groups is 1. The molecule has 0 aliphatic heterocycles. The molecule has 0 saturated heterocycles. The first-order valence-corrected chi connectivity index (χ1v) is 20.5. The molecule has 1 aliphatic carbocycles. The van der Waals surface area contributed by atoms with Crippen LogP contribution >= 0.6 is 0 Å². The number of allylic oxidation sites excluding steroid dienone is 1. The van der Waals surface area contributed by atoms with Crippen LogP contribution in [0, 0.1) is 0 Å². The molecule has 0 heterocycles. The van der Waals surface area contributed by atoms with Crippen LogP contribution in [0.25, 0.3) is 71.7 Å². The molecule has 0 fully saturated rings. The lowest BCUT2D eigenvalue weighted by Gasteiger charge is -2.22. The highest BCUT2D eigenvalue weighted by atomic mass is 14.9. The minimum Gasteiger partial charge on any atom is -0.383 e. The van der Waals surface area contributed by atoms with Crippen molar-refractivity contribution < 1.29 is 0 Å². The quantitative estimate of drug-likeness (QED) is 0.122. The summed E-state index contributed by atoms with van der Waals surface area (Å²) in [6, 6.07) is 71.8. The van der Waals surface area contributed by atoms with E-state index in [4.69, 9.17) is 10.7 Å². The molecule has 10 rings (SSSR count). The van der Waals surface area contributed by atoms with E-state index in [1.54, 1.807) is 0 Å². The number of hydrogen-bond acceptors (Lipinski definition) is 1. The van der Waals surface area contributed by atoms with E-state index in [9.17, 15) is 0 Å². The van der Waals surface area contributed by atoms with E-state index in [1.165, 1.54) is 71.8 Å². The van der Waals surface area contributed by atoms with Crippen LogP contribution in [0.15, 0.2) is 211 Å². The van der Waals surface area contributed by atoms with Gasteiger partial charge in [0.2, 0.25) is 0 Å². The third-order valence-electron chi connectivity index (χ3n) is 12.2. The van der Waals surface area contributed by atoms with Gasteiger partial charge in [0.25, 0.3) is 0 Å². The molecule has 2 nitrogen and oxygen atoms in total. The molecule has 2 heteroatoms. The number of nitrogens with two attached hydrogens (primary N) is 1. The summed E-state index contributed by atoms with van der Waals surface area (Å²) in [7, 11) is 0. The van der Waals surface area contributed by atoms with Gasteiger partial charge in [0.1, 0.15) is 5.84 Å². The van der Waals surface area contributed by atoms with Gasteiger partial charge in [0.15, 0.2) is 0 Å². The van der Waals surface area contributed by atoms with E-state index < -0.39 is 0 Å². The van der Waals surface area contributed by atoms with Crippen molar-refractivity contribution in [1.82, 2.24) is 0 Å². The van der Waals surface area contributed by atoms with E-state index in [0.717, 1.165) is 27.8 Å². The van der Waals surface area contributed by atoms with Gasteiger partial charge in [-0.25, -0.2) is 4.99 Å². The van der Waals surface area contributed by atoms with Crippen LogP contribution < -0.4 is 5.73 Å². The van der Waals surface area contributed by atoms with Gasteiger partial charge in [-0.3, -0.25) is 0 Å². The monoisotopic (exact) mass is 756 g/mol. The molecular weight excluding hydrogens is 713 g/mol. The maximum atomic E-state index is 6.90. The van der Waals surface area contributed by atoms with Crippen molar-refractivity contribution >= 4 is 33.1 Å². The molecule has 2 N–H and O–H groups in total. The van der Waals surface area contributed by atoms with Crippen molar-refractivity contribution in [3.63, 3.8) is 0 Å². The van der Waals surface area contributed by atoms with Crippen molar-refractivity contribution in [3.05, 3.63) is 234 Å². The van der Waals surface area contributed by atoms with Crippen LogP contribution in [0.3, 0.4) is 0 Å². The van der Waals surface area contributed by atoms with Gasteiger partial charge in [0, 0.05) is 16.5 Å². The average molecular weight is 757 g/mol. The van der Waals surface area contributed by atoms with Gasteiger partial charge in [-0.05, 0) is 95.2 Å². The zero-order valence-corrected chi connectivity index (χ0v) is 33.4. The summed E-state index contributed by atoms with van der Waals surface area (Å²) in [5.74, 6) is 0.483. The SMILES string of the molecule is CC1(C)c2cc(-c3ccc(/C(=C/Cc4ccc(-c5ccccc5)cc4)N=C(N)c4ccc(-c5ccccc5)cc4)c4ccccc34)ccc2-c2c1ccc1ccccc21. The first kappa shape index (κ1) is 36.1. The fraction of sp³-hybridized carbons (Fsp3) is 0.0702. The summed E-state index contributed by atoms with van der Waals surface area (Å²) in [4.78, 5) is 5.22. The Kier molecular flexibility index (Phi) is 9.11. The lowest BCUT2D eigenvalue weighted by Crippen LogP contribution is -2.15. The molecule has 9 aromatic rings. The zero-order chi connectivity index (χ0) is 39.9. The van der Waals surface area contributed by atoms with Gasteiger partial charge in [-0.15, -0.1) is 0 Å². The molecule has 59 heavy (non-hydrogen) atoms. The maximum Gasteiger partial charge on any atom is 0.131 e. The van der Waals surface area contributed by atoms with E-state index in [-0.39, 0.29) is 5.41 Å². The third-order valence-corrected chi connectivity index (χ3v) is 12.2. The minimum atomic E-state index is -0.124. The fourth-order valence-electron chi connectivity index (χ4n) is 9.00. The Hall–Kier alpha value is -7.29. The highest BCUT2D eigenvalue weighted by Gasteiger charge is 2.36. The lowest BCUT2D eigenvalue weighted by atomic mass is 9.81. The van der Waals surface area contributed by atoms with Crippen LogP contribution in [0.4, 0.5) is 0 Å². The molecule has 0 spiro atoms. The number of fused-ring (bicyclic) bond motifs is 6. The normalized spacial score (nSPS) is 13.4. The number of amidine groups is 1. The van der Waals surface area contributed by atoms with Gasteiger partial charge >= 0.3 is 0 Å². The number of benzene rings is 9. The molecule has 0 saturated carbocycles. The smallest absolute Gasteiger partial charge is 0.131 e. The Labute approximate surface area is 346 Å².